The fourth-order valence-corrected chi connectivity index (χ4v) is 1.39. The van der Waals surface area contributed by atoms with Crippen LogP contribution in [0.3, 0.4) is 0 Å². The Balaban J connectivity index is 2.79. The maximum absolute atomic E-state index is 10.5. The Kier molecular flexibility index (Phi) is 2.35. The molecule has 0 fully saturated rings. The van der Waals surface area contributed by atoms with E-state index < -0.39 is 11.9 Å². The molecule has 0 saturated carbocycles. The number of allylic oxidation sites excluding steroid dienone is 1. The van der Waals surface area contributed by atoms with Crippen LogP contribution in [-0.4, -0.2) is 11.1 Å². The van der Waals surface area contributed by atoms with Gasteiger partial charge in [0.05, 0.1) is 5.92 Å². The molecule has 60 valence electrons. The Morgan fingerprint density at radius 3 is 2.45 bits per heavy atom. The van der Waals surface area contributed by atoms with Crippen LogP contribution in [0.15, 0.2) is 23.3 Å². The normalized spacial score (nSPS) is 19.0. The molecule has 11 heavy (non-hydrogen) atoms. The first-order valence-corrected chi connectivity index (χ1v) is 3.77. The van der Waals surface area contributed by atoms with Crippen LogP contribution in [0.25, 0.3) is 0 Å². The third-order valence-electron chi connectivity index (χ3n) is 1.84. The van der Waals surface area contributed by atoms with Crippen molar-refractivity contribution in [2.75, 3.05) is 0 Å². The molecule has 1 aliphatic rings. The minimum Gasteiger partial charge on any atom is -0.481 e. The van der Waals surface area contributed by atoms with E-state index in [0.29, 0.717) is 5.03 Å². The van der Waals surface area contributed by atoms with Crippen molar-refractivity contribution in [3.8, 4) is 0 Å². The molecule has 0 amide bonds. The van der Waals surface area contributed by atoms with Gasteiger partial charge in [0.1, 0.15) is 0 Å². The summed E-state index contributed by atoms with van der Waals surface area (Å²) in [6, 6.07) is 0. The number of rotatable bonds is 3. The van der Waals surface area contributed by atoms with E-state index in [9.17, 15) is 4.79 Å². The van der Waals surface area contributed by atoms with Gasteiger partial charge in [-0.1, -0.05) is 17.7 Å². The molecule has 0 bridgehead atoms. The number of carboxylic acids is 1. The number of carboxylic acid groups (broad SMARTS) is 1. The van der Waals surface area contributed by atoms with Crippen molar-refractivity contribution in [1.29, 1.82) is 0 Å². The molecule has 2 nitrogen and oxygen atoms in total. The monoisotopic (exact) mass is 172 g/mol. The molecule has 0 aliphatic heterocycles. The van der Waals surface area contributed by atoms with Crippen LogP contribution in [0, 0.1) is 5.92 Å². The van der Waals surface area contributed by atoms with Gasteiger partial charge in [-0.15, -0.1) is 6.58 Å². The van der Waals surface area contributed by atoms with Crippen LogP contribution in [0.5, 0.6) is 0 Å². The molecular formula is C8H9ClO2. The second-order valence-corrected chi connectivity index (χ2v) is 2.94. The molecule has 0 aromatic carbocycles. The van der Waals surface area contributed by atoms with Crippen molar-refractivity contribution < 1.29 is 9.90 Å². The lowest BCUT2D eigenvalue weighted by atomic mass is 9.87. The van der Waals surface area contributed by atoms with E-state index in [-0.39, 0.29) is 0 Å². The summed E-state index contributed by atoms with van der Waals surface area (Å²) in [6.45, 7) is 3.45. The maximum Gasteiger partial charge on any atom is 0.314 e. The summed E-state index contributed by atoms with van der Waals surface area (Å²) in [7, 11) is 0. The SMILES string of the molecule is C=CC(C(=O)O)C1=C(Cl)CC1. The number of hydrogen-bond donors (Lipinski definition) is 1. The van der Waals surface area contributed by atoms with E-state index in [0.717, 1.165) is 18.4 Å². The van der Waals surface area contributed by atoms with Crippen LogP contribution in [0.2, 0.25) is 0 Å². The van der Waals surface area contributed by atoms with Gasteiger partial charge < -0.3 is 5.11 Å². The smallest absolute Gasteiger partial charge is 0.314 e. The predicted octanol–water partition coefficient (Wildman–Crippen LogP) is 2.16. The van der Waals surface area contributed by atoms with E-state index in [1.54, 1.807) is 0 Å². The van der Waals surface area contributed by atoms with Crippen molar-refractivity contribution in [1.82, 2.24) is 0 Å². The van der Waals surface area contributed by atoms with Gasteiger partial charge in [-0.2, -0.15) is 0 Å². The molecular weight excluding hydrogens is 164 g/mol. The van der Waals surface area contributed by atoms with E-state index >= 15 is 0 Å². The highest BCUT2D eigenvalue weighted by Crippen LogP contribution is 2.36. The molecule has 0 spiro atoms. The van der Waals surface area contributed by atoms with Crippen LogP contribution < -0.4 is 0 Å². The molecule has 0 radical (unpaired) electrons. The van der Waals surface area contributed by atoms with E-state index in [2.05, 4.69) is 6.58 Å². The quantitative estimate of drug-likeness (QED) is 0.663. The maximum atomic E-state index is 10.5. The highest BCUT2D eigenvalue weighted by atomic mass is 35.5. The molecule has 1 unspecified atom stereocenters. The third kappa shape index (κ3) is 1.46. The number of aliphatic carboxylic acids is 1. The Morgan fingerprint density at radius 1 is 1.73 bits per heavy atom. The van der Waals surface area contributed by atoms with Gasteiger partial charge in [0.2, 0.25) is 0 Å². The second kappa shape index (κ2) is 3.09. The fraction of sp³-hybridized carbons (Fsp3) is 0.375. The zero-order valence-corrected chi connectivity index (χ0v) is 6.77. The molecule has 0 heterocycles. The van der Waals surface area contributed by atoms with Crippen molar-refractivity contribution in [3.05, 3.63) is 23.3 Å². The second-order valence-electron chi connectivity index (χ2n) is 2.48. The van der Waals surface area contributed by atoms with E-state index in [1.165, 1.54) is 6.08 Å². The largest absolute Gasteiger partial charge is 0.481 e. The molecule has 1 rings (SSSR count). The fourth-order valence-electron chi connectivity index (χ4n) is 1.08. The van der Waals surface area contributed by atoms with Crippen molar-refractivity contribution in [2.45, 2.75) is 12.8 Å². The molecule has 0 saturated heterocycles. The minimum absolute atomic E-state index is 0.573. The van der Waals surface area contributed by atoms with Crippen molar-refractivity contribution in [3.63, 3.8) is 0 Å². The Hall–Kier alpha value is -0.760. The lowest BCUT2D eigenvalue weighted by molar-refractivity contribution is -0.139. The van der Waals surface area contributed by atoms with Gasteiger partial charge in [0.25, 0.3) is 0 Å². The molecule has 1 N–H and O–H groups in total. The summed E-state index contributed by atoms with van der Waals surface area (Å²) in [5, 5.41) is 9.35. The van der Waals surface area contributed by atoms with Gasteiger partial charge >= 0.3 is 5.97 Å². The lowest BCUT2D eigenvalue weighted by Crippen LogP contribution is -2.18. The first kappa shape index (κ1) is 8.34. The number of halogens is 1. The predicted molar refractivity (Wildman–Crippen MR) is 43.4 cm³/mol. The van der Waals surface area contributed by atoms with Crippen molar-refractivity contribution >= 4 is 17.6 Å². The van der Waals surface area contributed by atoms with Gasteiger partial charge in [0.15, 0.2) is 0 Å². The molecule has 0 aromatic rings. The van der Waals surface area contributed by atoms with Crippen molar-refractivity contribution in [2.24, 2.45) is 5.92 Å². The summed E-state index contributed by atoms with van der Waals surface area (Å²) in [5.41, 5.74) is 0.814. The number of carbonyl (C=O) groups is 1. The van der Waals surface area contributed by atoms with Gasteiger partial charge in [-0.25, -0.2) is 0 Å². The first-order chi connectivity index (χ1) is 5.16. The summed E-state index contributed by atoms with van der Waals surface area (Å²) in [5.74, 6) is -1.44. The topological polar surface area (TPSA) is 37.3 Å². The molecule has 1 aliphatic carbocycles. The lowest BCUT2D eigenvalue weighted by Gasteiger charge is -2.22. The Morgan fingerprint density at radius 2 is 2.36 bits per heavy atom. The summed E-state index contributed by atoms with van der Waals surface area (Å²) < 4.78 is 0. The average molecular weight is 173 g/mol. The highest BCUT2D eigenvalue weighted by molar-refractivity contribution is 6.30. The molecule has 1 atom stereocenters. The zero-order valence-electron chi connectivity index (χ0n) is 6.01. The third-order valence-corrected chi connectivity index (χ3v) is 2.27. The summed E-state index contributed by atoms with van der Waals surface area (Å²) in [6.07, 6.45) is 3.02. The van der Waals surface area contributed by atoms with Crippen LogP contribution in [0.4, 0.5) is 0 Å². The summed E-state index contributed by atoms with van der Waals surface area (Å²) >= 11 is 5.70. The first-order valence-electron chi connectivity index (χ1n) is 3.39. The van der Waals surface area contributed by atoms with Crippen LogP contribution in [0.1, 0.15) is 12.8 Å². The minimum atomic E-state index is -0.868. The van der Waals surface area contributed by atoms with Crippen LogP contribution >= 0.6 is 11.6 Å². The molecule has 3 heteroatoms. The summed E-state index contributed by atoms with van der Waals surface area (Å²) in [4.78, 5) is 10.5. The van der Waals surface area contributed by atoms with E-state index in [1.807, 2.05) is 0 Å². The highest BCUT2D eigenvalue weighted by Gasteiger charge is 2.26. The van der Waals surface area contributed by atoms with Gasteiger partial charge in [-0.3, -0.25) is 4.79 Å². The van der Waals surface area contributed by atoms with Crippen LogP contribution in [-0.2, 0) is 4.79 Å². The van der Waals surface area contributed by atoms with E-state index in [4.69, 9.17) is 16.7 Å². The Labute approximate surface area is 70.2 Å². The van der Waals surface area contributed by atoms with Gasteiger partial charge in [-0.05, 0) is 18.4 Å². The Bertz CT molecular complexity index is 230. The average Bonchev–Trinajstić information content (AvgIpc) is 1.96. The van der Waals surface area contributed by atoms with Gasteiger partial charge in [0, 0.05) is 5.03 Å². The molecule has 0 aromatic heterocycles. The zero-order chi connectivity index (χ0) is 8.43. The number of hydrogen-bond acceptors (Lipinski definition) is 1. The standard InChI is InChI=1S/C8H9ClO2/c1-2-5(8(10)11)6-3-4-7(6)9/h2,5H,1,3-4H2,(H,10,11).